The third kappa shape index (κ3) is 4.61. The Kier molecular flexibility index (Phi) is 5.08. The van der Waals surface area contributed by atoms with Gasteiger partial charge in [-0.05, 0) is 55.7 Å². The van der Waals surface area contributed by atoms with Crippen LogP contribution in [0, 0.1) is 5.41 Å². The highest BCUT2D eigenvalue weighted by Gasteiger charge is 2.24. The topological polar surface area (TPSA) is 12.0 Å². The Morgan fingerprint density at radius 3 is 2.53 bits per heavy atom. The summed E-state index contributed by atoms with van der Waals surface area (Å²) >= 11 is 3.50. The summed E-state index contributed by atoms with van der Waals surface area (Å²) in [7, 11) is 0. The fourth-order valence-corrected chi connectivity index (χ4v) is 3.29. The maximum absolute atomic E-state index is 3.82. The molecule has 19 heavy (non-hydrogen) atoms. The molecule has 0 amide bonds. The standard InChI is InChI=1S/C17H26BrN/c1-13(14-6-8-15(18)9-7-14)19-16-5-4-11-17(2,3)12-10-16/h6-9,13,16,19H,4-5,10-12H2,1-3H3/t13-,16?/m1/s1. The van der Waals surface area contributed by atoms with Gasteiger partial charge in [0.15, 0.2) is 0 Å². The SMILES string of the molecule is C[C@@H](NC1CCCC(C)(C)CC1)c1ccc(Br)cc1. The molecule has 1 aliphatic rings. The minimum Gasteiger partial charge on any atom is -0.307 e. The van der Waals surface area contributed by atoms with Crippen molar-refractivity contribution in [3.63, 3.8) is 0 Å². The van der Waals surface area contributed by atoms with Crippen LogP contribution < -0.4 is 5.32 Å². The predicted octanol–water partition coefficient (Wildman–Crippen LogP) is 5.46. The lowest BCUT2D eigenvalue weighted by Gasteiger charge is -2.24. The Bertz CT molecular complexity index is 396. The zero-order chi connectivity index (χ0) is 13.9. The number of rotatable bonds is 3. The zero-order valence-electron chi connectivity index (χ0n) is 12.4. The Labute approximate surface area is 126 Å². The van der Waals surface area contributed by atoms with E-state index in [0.717, 1.165) is 4.47 Å². The number of benzene rings is 1. The molecule has 0 aromatic heterocycles. The second-order valence-electron chi connectivity index (χ2n) is 6.73. The second-order valence-corrected chi connectivity index (χ2v) is 7.65. The quantitative estimate of drug-likeness (QED) is 0.728. The van der Waals surface area contributed by atoms with Gasteiger partial charge < -0.3 is 5.32 Å². The Balaban J connectivity index is 1.91. The van der Waals surface area contributed by atoms with Gasteiger partial charge in [0, 0.05) is 16.6 Å². The number of hydrogen-bond donors (Lipinski definition) is 1. The van der Waals surface area contributed by atoms with Crippen molar-refractivity contribution in [2.45, 2.75) is 65.0 Å². The van der Waals surface area contributed by atoms with Crippen LogP contribution in [0.5, 0.6) is 0 Å². The van der Waals surface area contributed by atoms with Crippen LogP contribution >= 0.6 is 15.9 Å². The first kappa shape index (κ1) is 15.1. The minimum atomic E-state index is 0.444. The molecule has 0 radical (unpaired) electrons. The lowest BCUT2D eigenvalue weighted by Crippen LogP contribution is -2.31. The molecule has 0 bridgehead atoms. The van der Waals surface area contributed by atoms with Crippen LogP contribution in [0.1, 0.15) is 64.5 Å². The van der Waals surface area contributed by atoms with Crippen LogP contribution in [0.3, 0.4) is 0 Å². The summed E-state index contributed by atoms with van der Waals surface area (Å²) in [5.41, 5.74) is 1.92. The molecule has 2 heteroatoms. The van der Waals surface area contributed by atoms with E-state index in [2.05, 4.69) is 66.3 Å². The summed E-state index contributed by atoms with van der Waals surface area (Å²) in [5, 5.41) is 3.82. The van der Waals surface area contributed by atoms with Crippen molar-refractivity contribution in [1.82, 2.24) is 5.32 Å². The van der Waals surface area contributed by atoms with Gasteiger partial charge in [-0.15, -0.1) is 0 Å². The van der Waals surface area contributed by atoms with E-state index < -0.39 is 0 Å². The van der Waals surface area contributed by atoms with E-state index in [4.69, 9.17) is 0 Å². The second kappa shape index (κ2) is 6.41. The molecular weight excluding hydrogens is 298 g/mol. The first-order valence-corrected chi connectivity index (χ1v) is 8.27. The molecule has 106 valence electrons. The van der Waals surface area contributed by atoms with Gasteiger partial charge >= 0.3 is 0 Å². The van der Waals surface area contributed by atoms with Crippen molar-refractivity contribution in [3.8, 4) is 0 Å². The molecule has 1 aromatic carbocycles. The Morgan fingerprint density at radius 1 is 1.16 bits per heavy atom. The molecule has 1 N–H and O–H groups in total. The highest BCUT2D eigenvalue weighted by atomic mass is 79.9. The van der Waals surface area contributed by atoms with Crippen molar-refractivity contribution in [1.29, 1.82) is 0 Å². The maximum Gasteiger partial charge on any atom is 0.0294 e. The highest BCUT2D eigenvalue weighted by molar-refractivity contribution is 9.10. The highest BCUT2D eigenvalue weighted by Crippen LogP contribution is 2.34. The van der Waals surface area contributed by atoms with Crippen LogP contribution in [0.15, 0.2) is 28.7 Å². The lowest BCUT2D eigenvalue weighted by molar-refractivity contribution is 0.307. The van der Waals surface area contributed by atoms with Crippen molar-refractivity contribution in [3.05, 3.63) is 34.3 Å². The van der Waals surface area contributed by atoms with Gasteiger partial charge in [-0.1, -0.05) is 48.3 Å². The number of hydrogen-bond acceptors (Lipinski definition) is 1. The van der Waals surface area contributed by atoms with Gasteiger partial charge in [-0.25, -0.2) is 0 Å². The molecule has 0 spiro atoms. The molecule has 0 aliphatic heterocycles. The monoisotopic (exact) mass is 323 g/mol. The van der Waals surface area contributed by atoms with Crippen LogP contribution in [0.25, 0.3) is 0 Å². The van der Waals surface area contributed by atoms with Gasteiger partial charge in [0.2, 0.25) is 0 Å². The third-order valence-electron chi connectivity index (χ3n) is 4.43. The van der Waals surface area contributed by atoms with Crippen LogP contribution in [-0.2, 0) is 0 Å². The molecule has 0 saturated heterocycles. The van der Waals surface area contributed by atoms with Gasteiger partial charge in [0.1, 0.15) is 0 Å². The Hall–Kier alpha value is -0.340. The maximum atomic E-state index is 3.82. The molecule has 1 unspecified atom stereocenters. The Morgan fingerprint density at radius 2 is 1.84 bits per heavy atom. The smallest absolute Gasteiger partial charge is 0.0294 e. The zero-order valence-corrected chi connectivity index (χ0v) is 14.0. The van der Waals surface area contributed by atoms with E-state index in [0.29, 0.717) is 17.5 Å². The largest absolute Gasteiger partial charge is 0.307 e. The number of nitrogens with one attached hydrogen (secondary N) is 1. The van der Waals surface area contributed by atoms with E-state index in [1.54, 1.807) is 0 Å². The van der Waals surface area contributed by atoms with Crippen molar-refractivity contribution < 1.29 is 0 Å². The average Bonchev–Trinajstić information content (AvgIpc) is 2.52. The molecule has 1 fully saturated rings. The first-order valence-electron chi connectivity index (χ1n) is 7.48. The summed E-state index contributed by atoms with van der Waals surface area (Å²) in [6, 6.07) is 9.80. The summed E-state index contributed by atoms with van der Waals surface area (Å²) in [4.78, 5) is 0. The van der Waals surface area contributed by atoms with E-state index in [1.165, 1.54) is 37.7 Å². The molecule has 1 aromatic rings. The molecule has 1 nitrogen and oxygen atoms in total. The predicted molar refractivity (Wildman–Crippen MR) is 86.3 cm³/mol. The van der Waals surface area contributed by atoms with Gasteiger partial charge in [0.25, 0.3) is 0 Å². The van der Waals surface area contributed by atoms with Crippen molar-refractivity contribution >= 4 is 15.9 Å². The minimum absolute atomic E-state index is 0.444. The fraction of sp³-hybridized carbons (Fsp3) is 0.647. The van der Waals surface area contributed by atoms with Crippen molar-refractivity contribution in [2.75, 3.05) is 0 Å². The van der Waals surface area contributed by atoms with E-state index in [-0.39, 0.29) is 0 Å². The summed E-state index contributed by atoms with van der Waals surface area (Å²) in [5.74, 6) is 0. The van der Waals surface area contributed by atoms with E-state index in [9.17, 15) is 0 Å². The van der Waals surface area contributed by atoms with Gasteiger partial charge in [-0.3, -0.25) is 0 Å². The molecule has 0 heterocycles. The summed E-state index contributed by atoms with van der Waals surface area (Å²) < 4.78 is 1.15. The van der Waals surface area contributed by atoms with E-state index in [1.807, 2.05) is 0 Å². The molecule has 1 saturated carbocycles. The fourth-order valence-electron chi connectivity index (χ4n) is 3.03. The van der Waals surface area contributed by atoms with Gasteiger partial charge in [-0.2, -0.15) is 0 Å². The molecule has 2 rings (SSSR count). The van der Waals surface area contributed by atoms with Crippen LogP contribution in [0.4, 0.5) is 0 Å². The average molecular weight is 324 g/mol. The van der Waals surface area contributed by atoms with Crippen LogP contribution in [-0.4, -0.2) is 6.04 Å². The third-order valence-corrected chi connectivity index (χ3v) is 4.96. The number of halogens is 1. The summed E-state index contributed by atoms with van der Waals surface area (Å²) in [6.07, 6.45) is 6.71. The van der Waals surface area contributed by atoms with Crippen LogP contribution in [0.2, 0.25) is 0 Å². The van der Waals surface area contributed by atoms with Crippen molar-refractivity contribution in [2.24, 2.45) is 5.41 Å². The molecule has 2 atom stereocenters. The molecular formula is C17H26BrN. The molecule has 1 aliphatic carbocycles. The van der Waals surface area contributed by atoms with E-state index >= 15 is 0 Å². The summed E-state index contributed by atoms with van der Waals surface area (Å²) in [6.45, 7) is 7.10. The normalized spacial score (nSPS) is 24.7. The van der Waals surface area contributed by atoms with Gasteiger partial charge in [0.05, 0.1) is 0 Å². The first-order chi connectivity index (χ1) is 8.96. The lowest BCUT2D eigenvalue weighted by atomic mass is 9.85.